The monoisotopic (exact) mass is 393 g/mol. The predicted octanol–water partition coefficient (Wildman–Crippen LogP) is 4.26. The molecule has 0 saturated heterocycles. The van der Waals surface area contributed by atoms with Crippen molar-refractivity contribution in [1.29, 1.82) is 0 Å². The zero-order valence-electron chi connectivity index (χ0n) is 15.1. The van der Waals surface area contributed by atoms with E-state index in [0.717, 1.165) is 22.0 Å². The first-order valence-corrected chi connectivity index (χ1v) is 9.26. The molecule has 1 aromatic heterocycles. The molecular formula is C18H15N7O2S. The molecule has 4 rings (SSSR count). The smallest absolute Gasteiger partial charge is 0.212 e. The molecule has 0 N–H and O–H groups in total. The van der Waals surface area contributed by atoms with E-state index in [1.165, 1.54) is 0 Å². The number of rotatable bonds is 5. The number of fused-ring (bicyclic) bond motifs is 1. The second-order valence-corrected chi connectivity index (χ2v) is 6.70. The number of thioether (sulfide) groups is 1. The van der Waals surface area contributed by atoms with E-state index in [1.807, 2.05) is 30.3 Å². The lowest BCUT2D eigenvalue weighted by atomic mass is 10.1. The van der Waals surface area contributed by atoms with E-state index < -0.39 is 0 Å². The molecule has 10 heteroatoms. The average Bonchev–Trinajstić information content (AvgIpc) is 3.17. The van der Waals surface area contributed by atoms with Gasteiger partial charge in [-0.15, -0.1) is 10.2 Å². The molecule has 0 fully saturated rings. The topological polar surface area (TPSA) is 110 Å². The van der Waals surface area contributed by atoms with Crippen LogP contribution in [0.1, 0.15) is 5.56 Å². The van der Waals surface area contributed by atoms with Crippen LogP contribution in [0.2, 0.25) is 0 Å². The Kier molecular flexibility index (Phi) is 4.88. The third-order valence-electron chi connectivity index (χ3n) is 4.17. The summed E-state index contributed by atoms with van der Waals surface area (Å²) in [5.41, 5.74) is 11.7. The number of methoxy groups -OCH3 is 2. The van der Waals surface area contributed by atoms with Crippen LogP contribution in [0.4, 0.5) is 5.69 Å². The first kappa shape index (κ1) is 17.9. The van der Waals surface area contributed by atoms with Gasteiger partial charge in [0.05, 0.1) is 19.9 Å². The highest BCUT2D eigenvalue weighted by molar-refractivity contribution is 7.99. The van der Waals surface area contributed by atoms with Crippen LogP contribution in [0, 0.1) is 0 Å². The zero-order chi connectivity index (χ0) is 19.5. The van der Waals surface area contributed by atoms with Crippen molar-refractivity contribution >= 4 is 23.2 Å². The second-order valence-electron chi connectivity index (χ2n) is 5.76. The Morgan fingerprint density at radius 1 is 1.04 bits per heavy atom. The predicted molar refractivity (Wildman–Crippen MR) is 106 cm³/mol. The minimum absolute atomic E-state index is 0.561. The number of aromatic nitrogens is 3. The largest absolute Gasteiger partial charge is 0.493 e. The van der Waals surface area contributed by atoms with Crippen LogP contribution in [0.15, 0.2) is 57.8 Å². The maximum Gasteiger partial charge on any atom is 0.212 e. The lowest BCUT2D eigenvalue weighted by Crippen LogP contribution is -2.13. The SMILES string of the molecule is COc1ccc(-c2nnc3n2N=C(c2ccc(N=[N+]=[N-])cc2)CS3)cc1OC. The molecule has 0 amide bonds. The van der Waals surface area contributed by atoms with E-state index in [1.54, 1.807) is 42.8 Å². The Morgan fingerprint density at radius 2 is 1.79 bits per heavy atom. The first-order valence-electron chi connectivity index (χ1n) is 8.27. The minimum Gasteiger partial charge on any atom is -0.493 e. The molecule has 1 aliphatic heterocycles. The molecule has 9 nitrogen and oxygen atoms in total. The van der Waals surface area contributed by atoms with Gasteiger partial charge in [0.2, 0.25) is 5.16 Å². The summed E-state index contributed by atoms with van der Waals surface area (Å²) in [7, 11) is 3.18. The molecule has 0 saturated carbocycles. The minimum atomic E-state index is 0.561. The molecule has 0 atom stereocenters. The van der Waals surface area contributed by atoms with E-state index in [4.69, 9.17) is 20.1 Å². The number of ether oxygens (including phenoxy) is 2. The molecule has 0 radical (unpaired) electrons. The average molecular weight is 393 g/mol. The molecule has 0 bridgehead atoms. The zero-order valence-corrected chi connectivity index (χ0v) is 15.9. The standard InChI is InChI=1S/C18H15N7O2S/c1-26-15-8-5-12(9-16(15)27-2)17-21-22-18-25(17)23-14(10-28-18)11-3-6-13(7-4-11)20-24-19/h3-9H,10H2,1-2H3. The van der Waals surface area contributed by atoms with Gasteiger partial charge in [-0.3, -0.25) is 0 Å². The van der Waals surface area contributed by atoms with Crippen molar-refractivity contribution < 1.29 is 9.47 Å². The molecule has 2 heterocycles. The lowest BCUT2D eigenvalue weighted by molar-refractivity contribution is 0.355. The van der Waals surface area contributed by atoms with E-state index >= 15 is 0 Å². The van der Waals surface area contributed by atoms with Gasteiger partial charge in [-0.25, -0.2) is 0 Å². The van der Waals surface area contributed by atoms with Crippen LogP contribution in [0.3, 0.4) is 0 Å². The quantitative estimate of drug-likeness (QED) is 0.365. The molecule has 0 unspecified atom stereocenters. The molecule has 0 spiro atoms. The fourth-order valence-electron chi connectivity index (χ4n) is 2.80. The Labute approximate surface area is 164 Å². The van der Waals surface area contributed by atoms with Crippen molar-refractivity contribution in [3.8, 4) is 22.9 Å². The van der Waals surface area contributed by atoms with Crippen LogP contribution in [-0.2, 0) is 0 Å². The maximum absolute atomic E-state index is 8.53. The Hall–Kier alpha value is -3.49. The van der Waals surface area contributed by atoms with Crippen LogP contribution >= 0.6 is 11.8 Å². The van der Waals surface area contributed by atoms with Gasteiger partial charge in [0, 0.05) is 21.9 Å². The van der Waals surface area contributed by atoms with E-state index in [2.05, 4.69) is 20.2 Å². The third-order valence-corrected chi connectivity index (χ3v) is 5.10. The van der Waals surface area contributed by atoms with E-state index in [-0.39, 0.29) is 0 Å². The maximum atomic E-state index is 8.53. The number of azide groups is 1. The summed E-state index contributed by atoms with van der Waals surface area (Å²) in [4.78, 5) is 2.79. The Bertz CT molecular complexity index is 1100. The van der Waals surface area contributed by atoms with Gasteiger partial charge < -0.3 is 9.47 Å². The molecule has 140 valence electrons. The molecule has 2 aromatic carbocycles. The Morgan fingerprint density at radius 3 is 2.50 bits per heavy atom. The van der Waals surface area contributed by atoms with Gasteiger partial charge in [0.15, 0.2) is 17.3 Å². The van der Waals surface area contributed by atoms with Crippen molar-refractivity contribution in [1.82, 2.24) is 14.9 Å². The van der Waals surface area contributed by atoms with E-state index in [9.17, 15) is 0 Å². The summed E-state index contributed by atoms with van der Waals surface area (Å²) in [6.07, 6.45) is 0. The molecule has 0 aliphatic carbocycles. The number of benzene rings is 2. The number of nitrogens with zero attached hydrogens (tertiary/aromatic N) is 7. The van der Waals surface area contributed by atoms with Crippen molar-refractivity contribution in [3.63, 3.8) is 0 Å². The van der Waals surface area contributed by atoms with Crippen molar-refractivity contribution in [3.05, 3.63) is 58.5 Å². The summed E-state index contributed by atoms with van der Waals surface area (Å²) >= 11 is 1.56. The van der Waals surface area contributed by atoms with E-state index in [0.29, 0.717) is 28.8 Å². The van der Waals surface area contributed by atoms with Gasteiger partial charge >= 0.3 is 0 Å². The van der Waals surface area contributed by atoms with Crippen molar-refractivity contribution in [2.75, 3.05) is 20.0 Å². The summed E-state index contributed by atoms with van der Waals surface area (Å²) in [6.45, 7) is 0. The fraction of sp³-hybridized carbons (Fsp3) is 0.167. The number of hydrogen-bond donors (Lipinski definition) is 0. The van der Waals surface area contributed by atoms with Crippen molar-refractivity contribution in [2.24, 2.45) is 10.2 Å². The highest BCUT2D eigenvalue weighted by Gasteiger charge is 2.21. The fourth-order valence-corrected chi connectivity index (χ4v) is 3.63. The third kappa shape index (κ3) is 3.26. The van der Waals surface area contributed by atoms with Crippen LogP contribution in [0.25, 0.3) is 21.8 Å². The first-order chi connectivity index (χ1) is 13.7. The van der Waals surface area contributed by atoms with Crippen LogP contribution in [0.5, 0.6) is 11.5 Å². The molecular weight excluding hydrogens is 378 g/mol. The molecule has 28 heavy (non-hydrogen) atoms. The van der Waals surface area contributed by atoms with Gasteiger partial charge in [-0.05, 0) is 29.3 Å². The summed E-state index contributed by atoms with van der Waals surface area (Å²) in [5.74, 6) is 2.54. The lowest BCUT2D eigenvalue weighted by Gasteiger charge is -2.14. The second kappa shape index (κ2) is 7.63. The van der Waals surface area contributed by atoms with Gasteiger partial charge in [0.25, 0.3) is 0 Å². The van der Waals surface area contributed by atoms with Gasteiger partial charge in [-0.1, -0.05) is 41.1 Å². The van der Waals surface area contributed by atoms with Crippen LogP contribution < -0.4 is 9.47 Å². The Balaban J connectivity index is 1.73. The summed E-state index contributed by atoms with van der Waals surface area (Å²) in [5, 5.41) is 17.6. The number of hydrogen-bond acceptors (Lipinski definition) is 7. The highest BCUT2D eigenvalue weighted by Crippen LogP contribution is 2.34. The normalized spacial score (nSPS) is 12.6. The van der Waals surface area contributed by atoms with Gasteiger partial charge in [0.1, 0.15) is 0 Å². The highest BCUT2D eigenvalue weighted by atomic mass is 32.2. The summed E-state index contributed by atoms with van der Waals surface area (Å²) in [6, 6.07) is 12.9. The summed E-state index contributed by atoms with van der Waals surface area (Å²) < 4.78 is 12.4. The van der Waals surface area contributed by atoms with Gasteiger partial charge in [-0.2, -0.15) is 9.78 Å². The molecule has 3 aromatic rings. The molecule has 1 aliphatic rings. The van der Waals surface area contributed by atoms with Crippen molar-refractivity contribution in [2.45, 2.75) is 5.16 Å². The van der Waals surface area contributed by atoms with Crippen LogP contribution in [-0.4, -0.2) is 40.6 Å².